The highest BCUT2D eigenvalue weighted by molar-refractivity contribution is 7.90. The molecule has 2 aromatic carbocycles. The summed E-state index contributed by atoms with van der Waals surface area (Å²) >= 11 is 1.36. The lowest BCUT2D eigenvalue weighted by Crippen LogP contribution is -1.96. The number of nitrogen functional groups attached to an aromatic ring is 1. The van der Waals surface area contributed by atoms with E-state index in [1.54, 1.807) is 18.2 Å². The van der Waals surface area contributed by atoms with E-state index in [0.29, 0.717) is 16.6 Å². The molecule has 1 aromatic heterocycles. The summed E-state index contributed by atoms with van der Waals surface area (Å²) in [6, 6.07) is 11.8. The fourth-order valence-electron chi connectivity index (χ4n) is 1.83. The molecule has 3 aromatic rings. The highest BCUT2D eigenvalue weighted by atomic mass is 32.2. The Morgan fingerprint density at radius 1 is 1.19 bits per heavy atom. The normalized spacial score (nSPS) is 11.7. The lowest BCUT2D eigenvalue weighted by atomic mass is 10.3. The molecule has 7 heteroatoms. The van der Waals surface area contributed by atoms with Crippen molar-refractivity contribution in [3.8, 4) is 10.9 Å². The van der Waals surface area contributed by atoms with Gasteiger partial charge in [0, 0.05) is 11.9 Å². The Bertz CT molecular complexity index is 917. The number of sulfone groups is 1. The molecule has 0 radical (unpaired) electrons. The van der Waals surface area contributed by atoms with Gasteiger partial charge in [-0.25, -0.2) is 13.4 Å². The zero-order valence-electron chi connectivity index (χ0n) is 11.1. The Hall–Kier alpha value is -2.12. The third-order valence-corrected chi connectivity index (χ3v) is 4.84. The lowest BCUT2D eigenvalue weighted by Gasteiger charge is -2.03. The summed E-state index contributed by atoms with van der Waals surface area (Å²) in [7, 11) is -3.26. The SMILES string of the molecule is CS(=O)(=O)c1cccc(Oc2nc3ccc(N)cc3s2)c1. The summed E-state index contributed by atoms with van der Waals surface area (Å²) in [5.41, 5.74) is 7.18. The van der Waals surface area contributed by atoms with Crippen molar-refractivity contribution in [3.05, 3.63) is 42.5 Å². The zero-order valence-corrected chi connectivity index (χ0v) is 12.7. The van der Waals surface area contributed by atoms with Crippen molar-refractivity contribution in [3.63, 3.8) is 0 Å². The van der Waals surface area contributed by atoms with Crippen LogP contribution in [-0.4, -0.2) is 19.7 Å². The van der Waals surface area contributed by atoms with E-state index in [2.05, 4.69) is 4.98 Å². The number of hydrogen-bond donors (Lipinski definition) is 1. The number of rotatable bonds is 3. The number of ether oxygens (including phenoxy) is 1. The molecule has 0 aliphatic carbocycles. The molecule has 1 heterocycles. The van der Waals surface area contributed by atoms with Gasteiger partial charge in [-0.05, 0) is 36.4 Å². The maximum absolute atomic E-state index is 11.5. The molecule has 0 unspecified atom stereocenters. The smallest absolute Gasteiger partial charge is 0.279 e. The Morgan fingerprint density at radius 3 is 2.76 bits per heavy atom. The largest absolute Gasteiger partial charge is 0.431 e. The molecule has 0 aliphatic heterocycles. The predicted molar refractivity (Wildman–Crippen MR) is 83.7 cm³/mol. The molecular weight excluding hydrogens is 308 g/mol. The van der Waals surface area contributed by atoms with Crippen LogP contribution < -0.4 is 10.5 Å². The highest BCUT2D eigenvalue weighted by Gasteiger charge is 2.10. The van der Waals surface area contributed by atoms with Crippen LogP contribution in [0.3, 0.4) is 0 Å². The average Bonchev–Trinajstić information content (AvgIpc) is 2.79. The van der Waals surface area contributed by atoms with Crippen molar-refractivity contribution in [2.45, 2.75) is 4.90 Å². The molecule has 0 bridgehead atoms. The molecule has 2 N–H and O–H groups in total. The molecule has 0 saturated heterocycles. The van der Waals surface area contributed by atoms with Crippen LogP contribution in [0.25, 0.3) is 10.2 Å². The fraction of sp³-hybridized carbons (Fsp3) is 0.0714. The summed E-state index contributed by atoms with van der Waals surface area (Å²) in [6.07, 6.45) is 1.16. The van der Waals surface area contributed by atoms with E-state index in [4.69, 9.17) is 10.5 Å². The summed E-state index contributed by atoms with van der Waals surface area (Å²) in [5.74, 6) is 0.435. The number of thiazole rings is 1. The molecule has 0 atom stereocenters. The van der Waals surface area contributed by atoms with Crippen LogP contribution in [0.1, 0.15) is 0 Å². The van der Waals surface area contributed by atoms with Crippen LogP contribution in [0.15, 0.2) is 47.4 Å². The molecule has 5 nitrogen and oxygen atoms in total. The first-order valence-electron chi connectivity index (χ1n) is 6.06. The van der Waals surface area contributed by atoms with Gasteiger partial charge in [-0.3, -0.25) is 0 Å². The predicted octanol–water partition coefficient (Wildman–Crippen LogP) is 3.07. The van der Waals surface area contributed by atoms with E-state index in [-0.39, 0.29) is 4.90 Å². The van der Waals surface area contributed by atoms with Crippen LogP contribution in [-0.2, 0) is 9.84 Å². The van der Waals surface area contributed by atoms with Gasteiger partial charge in [0.05, 0.1) is 15.1 Å². The van der Waals surface area contributed by atoms with Gasteiger partial charge < -0.3 is 10.5 Å². The average molecular weight is 320 g/mol. The quantitative estimate of drug-likeness (QED) is 0.750. The van der Waals surface area contributed by atoms with Crippen molar-refractivity contribution in [1.29, 1.82) is 0 Å². The minimum absolute atomic E-state index is 0.213. The molecule has 0 fully saturated rings. The first kappa shape index (κ1) is 13.8. The molecule has 21 heavy (non-hydrogen) atoms. The fourth-order valence-corrected chi connectivity index (χ4v) is 3.37. The van der Waals surface area contributed by atoms with Gasteiger partial charge in [0.2, 0.25) is 0 Å². The van der Waals surface area contributed by atoms with Gasteiger partial charge in [-0.15, -0.1) is 0 Å². The summed E-state index contributed by atoms with van der Waals surface area (Å²) < 4.78 is 29.6. The van der Waals surface area contributed by atoms with E-state index >= 15 is 0 Å². The first-order valence-corrected chi connectivity index (χ1v) is 8.77. The maximum Gasteiger partial charge on any atom is 0.279 e. The Labute approximate surface area is 125 Å². The minimum Gasteiger partial charge on any atom is -0.431 e. The topological polar surface area (TPSA) is 82.3 Å². The Morgan fingerprint density at radius 2 is 2.00 bits per heavy atom. The van der Waals surface area contributed by atoms with Crippen molar-refractivity contribution < 1.29 is 13.2 Å². The van der Waals surface area contributed by atoms with E-state index in [1.807, 2.05) is 12.1 Å². The molecule has 0 spiro atoms. The minimum atomic E-state index is -3.26. The van der Waals surface area contributed by atoms with Crippen LogP contribution in [0, 0.1) is 0 Å². The Kier molecular flexibility index (Phi) is 3.30. The number of anilines is 1. The van der Waals surface area contributed by atoms with Crippen LogP contribution in [0.2, 0.25) is 0 Å². The number of nitrogens with zero attached hydrogens (tertiary/aromatic N) is 1. The third kappa shape index (κ3) is 2.98. The summed E-state index contributed by atoms with van der Waals surface area (Å²) in [6.45, 7) is 0. The van der Waals surface area contributed by atoms with Gasteiger partial charge in [-0.1, -0.05) is 17.4 Å². The monoisotopic (exact) mass is 320 g/mol. The second-order valence-corrected chi connectivity index (χ2v) is 7.56. The molecule has 108 valence electrons. The first-order chi connectivity index (χ1) is 9.91. The van der Waals surface area contributed by atoms with Gasteiger partial charge in [0.25, 0.3) is 5.19 Å². The van der Waals surface area contributed by atoms with Crippen molar-refractivity contribution in [1.82, 2.24) is 4.98 Å². The molecule has 0 aliphatic rings. The van der Waals surface area contributed by atoms with Crippen LogP contribution in [0.5, 0.6) is 10.9 Å². The second kappa shape index (κ2) is 5.01. The highest BCUT2D eigenvalue weighted by Crippen LogP contribution is 2.32. The number of fused-ring (bicyclic) bond motifs is 1. The standard InChI is InChI=1S/C14H12N2O3S2/c1-21(17,18)11-4-2-3-10(8-11)19-14-16-12-6-5-9(15)7-13(12)20-14/h2-8H,15H2,1H3. The number of benzene rings is 2. The van der Waals surface area contributed by atoms with Gasteiger partial charge >= 0.3 is 0 Å². The van der Waals surface area contributed by atoms with Crippen LogP contribution >= 0.6 is 11.3 Å². The molecule has 0 amide bonds. The molecular formula is C14H12N2O3S2. The number of nitrogens with two attached hydrogens (primary N) is 1. The lowest BCUT2D eigenvalue weighted by molar-refractivity contribution is 0.478. The van der Waals surface area contributed by atoms with E-state index in [1.165, 1.54) is 23.5 Å². The van der Waals surface area contributed by atoms with E-state index < -0.39 is 9.84 Å². The third-order valence-electron chi connectivity index (χ3n) is 2.83. The number of hydrogen-bond acceptors (Lipinski definition) is 6. The van der Waals surface area contributed by atoms with Gasteiger partial charge in [0.15, 0.2) is 9.84 Å². The summed E-state index contributed by atoms with van der Waals surface area (Å²) in [4.78, 5) is 4.55. The van der Waals surface area contributed by atoms with E-state index in [9.17, 15) is 8.42 Å². The maximum atomic E-state index is 11.5. The number of aromatic nitrogens is 1. The second-order valence-electron chi connectivity index (χ2n) is 4.56. The molecule has 3 rings (SSSR count). The van der Waals surface area contributed by atoms with Gasteiger partial charge in [0.1, 0.15) is 5.75 Å². The Balaban J connectivity index is 1.95. The van der Waals surface area contributed by atoms with E-state index in [0.717, 1.165) is 16.5 Å². The van der Waals surface area contributed by atoms with Gasteiger partial charge in [-0.2, -0.15) is 0 Å². The van der Waals surface area contributed by atoms with Crippen molar-refractivity contribution in [2.24, 2.45) is 0 Å². The van der Waals surface area contributed by atoms with Crippen molar-refractivity contribution >= 4 is 37.1 Å². The van der Waals surface area contributed by atoms with Crippen LogP contribution in [0.4, 0.5) is 5.69 Å². The zero-order chi connectivity index (χ0) is 15.0. The molecule has 0 saturated carbocycles. The van der Waals surface area contributed by atoms with Crippen molar-refractivity contribution in [2.75, 3.05) is 12.0 Å². The summed E-state index contributed by atoms with van der Waals surface area (Å²) in [5, 5.41) is 0.446.